The van der Waals surface area contributed by atoms with Gasteiger partial charge in [0.15, 0.2) is 0 Å². The van der Waals surface area contributed by atoms with Gasteiger partial charge in [-0.05, 0) is 32.0 Å². The highest BCUT2D eigenvalue weighted by atomic mass is 19.4. The molecule has 3 rings (SSSR count). The Morgan fingerprint density at radius 1 is 1.23 bits per heavy atom. The summed E-state index contributed by atoms with van der Waals surface area (Å²) in [5.41, 5.74) is -0.0210. The Morgan fingerprint density at radius 2 is 1.84 bits per heavy atom. The van der Waals surface area contributed by atoms with E-state index in [1.165, 1.54) is 0 Å². The number of alkyl halides is 3. The fraction of sp³-hybridized carbons (Fsp3) is 0.500. The van der Waals surface area contributed by atoms with E-state index in [-0.39, 0.29) is 11.8 Å². The van der Waals surface area contributed by atoms with Gasteiger partial charge in [0.05, 0.1) is 0 Å². The van der Waals surface area contributed by atoms with E-state index in [0.717, 1.165) is 13.1 Å². The molecule has 3 heterocycles. The topological polar surface area (TPSA) is 94.0 Å². The number of halogens is 3. The standard InChI is InChI=1S/C18H24N4O2.C2HF3O2/c1-3-10-22-14-13-20(2)18(17(22)24)7-11-21(12-8-18)16(23)15-6-4-5-9-19-15;3-2(4,5)1(6)7/h3-6,9H,1,7-8,10-14H2,2H3;(H,6,7). The van der Waals surface area contributed by atoms with Gasteiger partial charge in [0, 0.05) is 38.9 Å². The molecule has 1 spiro atoms. The number of carbonyl (C=O) groups excluding carboxylic acids is 2. The lowest BCUT2D eigenvalue weighted by Gasteiger charge is -2.51. The van der Waals surface area contributed by atoms with Crippen molar-refractivity contribution >= 4 is 17.8 Å². The maximum Gasteiger partial charge on any atom is 0.490 e. The van der Waals surface area contributed by atoms with Crippen LogP contribution in [0.3, 0.4) is 0 Å². The van der Waals surface area contributed by atoms with E-state index in [1.807, 2.05) is 18.0 Å². The lowest BCUT2D eigenvalue weighted by Crippen LogP contribution is -2.67. The molecule has 0 radical (unpaired) electrons. The lowest BCUT2D eigenvalue weighted by molar-refractivity contribution is -0.192. The normalized spacial score (nSPS) is 18.9. The molecular weight excluding hydrogens is 417 g/mol. The summed E-state index contributed by atoms with van der Waals surface area (Å²) in [6.45, 7) is 7.08. The molecule has 1 aromatic rings. The number of piperazine rings is 1. The largest absolute Gasteiger partial charge is 0.490 e. The number of carboxylic acid groups (broad SMARTS) is 1. The second-order valence-electron chi connectivity index (χ2n) is 7.30. The number of pyridine rings is 1. The molecule has 2 aliphatic rings. The highest BCUT2D eigenvalue weighted by molar-refractivity contribution is 5.93. The molecule has 2 fully saturated rings. The van der Waals surface area contributed by atoms with Gasteiger partial charge < -0.3 is 14.9 Å². The average Bonchev–Trinajstić information content (AvgIpc) is 2.75. The van der Waals surface area contributed by atoms with E-state index >= 15 is 0 Å². The second kappa shape index (κ2) is 9.90. The number of amides is 2. The summed E-state index contributed by atoms with van der Waals surface area (Å²) >= 11 is 0. The highest BCUT2D eigenvalue weighted by Crippen LogP contribution is 2.33. The number of nitrogens with zero attached hydrogens (tertiary/aromatic N) is 4. The summed E-state index contributed by atoms with van der Waals surface area (Å²) in [5.74, 6) is -2.65. The summed E-state index contributed by atoms with van der Waals surface area (Å²) in [4.78, 5) is 44.4. The number of rotatable bonds is 3. The summed E-state index contributed by atoms with van der Waals surface area (Å²) in [5, 5.41) is 7.12. The van der Waals surface area contributed by atoms with Gasteiger partial charge in [-0.2, -0.15) is 13.2 Å². The van der Waals surface area contributed by atoms with E-state index in [0.29, 0.717) is 38.2 Å². The number of likely N-dealkylation sites (N-methyl/N-ethyl adjacent to an activating group) is 1. The Bertz CT molecular complexity index is 808. The summed E-state index contributed by atoms with van der Waals surface area (Å²) in [6.07, 6.45) is -0.357. The molecule has 2 saturated heterocycles. The van der Waals surface area contributed by atoms with Crippen LogP contribution in [0.25, 0.3) is 0 Å². The van der Waals surface area contributed by atoms with Crippen LogP contribution in [0.4, 0.5) is 13.2 Å². The molecule has 0 unspecified atom stereocenters. The number of aromatic nitrogens is 1. The maximum absolute atomic E-state index is 13.0. The molecule has 1 N–H and O–H groups in total. The van der Waals surface area contributed by atoms with Gasteiger partial charge in [0.2, 0.25) is 5.91 Å². The van der Waals surface area contributed by atoms with Crippen molar-refractivity contribution in [2.24, 2.45) is 0 Å². The first-order valence-electron chi connectivity index (χ1n) is 9.65. The van der Waals surface area contributed by atoms with Crippen LogP contribution in [0.1, 0.15) is 23.3 Å². The van der Waals surface area contributed by atoms with Gasteiger partial charge in [0.25, 0.3) is 5.91 Å². The minimum Gasteiger partial charge on any atom is -0.475 e. The summed E-state index contributed by atoms with van der Waals surface area (Å²) < 4.78 is 31.7. The highest BCUT2D eigenvalue weighted by Gasteiger charge is 2.49. The Kier molecular flexibility index (Phi) is 7.77. The number of carboxylic acids is 1. The van der Waals surface area contributed by atoms with Crippen LogP contribution in [0, 0.1) is 0 Å². The van der Waals surface area contributed by atoms with Crippen molar-refractivity contribution in [3.05, 3.63) is 42.7 Å². The smallest absolute Gasteiger partial charge is 0.475 e. The summed E-state index contributed by atoms with van der Waals surface area (Å²) in [6, 6.07) is 5.35. The molecular formula is C20H25F3N4O4. The van der Waals surface area contributed by atoms with E-state index in [2.05, 4.69) is 16.5 Å². The van der Waals surface area contributed by atoms with Crippen LogP contribution in [0.5, 0.6) is 0 Å². The first-order chi connectivity index (χ1) is 14.5. The van der Waals surface area contributed by atoms with Crippen molar-refractivity contribution < 1.29 is 32.7 Å². The van der Waals surface area contributed by atoms with Crippen LogP contribution in [-0.4, -0.2) is 94.1 Å². The first-order valence-corrected chi connectivity index (χ1v) is 9.65. The second-order valence-corrected chi connectivity index (χ2v) is 7.30. The van der Waals surface area contributed by atoms with Crippen LogP contribution in [0.2, 0.25) is 0 Å². The molecule has 2 aliphatic heterocycles. The van der Waals surface area contributed by atoms with Gasteiger partial charge in [-0.25, -0.2) is 4.79 Å². The SMILES string of the molecule is C=CCN1CCN(C)C2(CCN(C(=O)c3ccccn3)CC2)C1=O.O=C(O)C(F)(F)F. The molecule has 0 aliphatic carbocycles. The number of hydrogen-bond donors (Lipinski definition) is 1. The Balaban J connectivity index is 0.000000423. The van der Waals surface area contributed by atoms with Crippen LogP contribution in [-0.2, 0) is 9.59 Å². The van der Waals surface area contributed by atoms with Gasteiger partial charge in [0.1, 0.15) is 11.2 Å². The van der Waals surface area contributed by atoms with E-state index in [4.69, 9.17) is 9.90 Å². The average molecular weight is 442 g/mol. The zero-order valence-corrected chi connectivity index (χ0v) is 17.1. The number of hydrogen-bond acceptors (Lipinski definition) is 5. The molecule has 0 aromatic carbocycles. The number of aliphatic carboxylic acids is 1. The zero-order chi connectivity index (χ0) is 23.2. The van der Waals surface area contributed by atoms with E-state index < -0.39 is 17.7 Å². The molecule has 0 atom stereocenters. The van der Waals surface area contributed by atoms with Crippen molar-refractivity contribution in [2.45, 2.75) is 24.6 Å². The predicted octanol–water partition coefficient (Wildman–Crippen LogP) is 1.65. The van der Waals surface area contributed by atoms with Crippen molar-refractivity contribution in [2.75, 3.05) is 39.8 Å². The quantitative estimate of drug-likeness (QED) is 0.716. The van der Waals surface area contributed by atoms with Gasteiger partial charge in [-0.3, -0.25) is 19.5 Å². The maximum atomic E-state index is 13.0. The van der Waals surface area contributed by atoms with Gasteiger partial charge in [-0.1, -0.05) is 12.1 Å². The molecule has 0 saturated carbocycles. The monoisotopic (exact) mass is 442 g/mol. The van der Waals surface area contributed by atoms with E-state index in [1.54, 1.807) is 29.3 Å². The fourth-order valence-corrected chi connectivity index (χ4v) is 3.70. The lowest BCUT2D eigenvalue weighted by atomic mass is 9.82. The van der Waals surface area contributed by atoms with Crippen LogP contribution < -0.4 is 0 Å². The Labute approximate surface area is 177 Å². The molecule has 2 amide bonds. The molecule has 1 aromatic heterocycles. The molecule has 170 valence electrons. The molecule has 11 heteroatoms. The number of carbonyl (C=O) groups is 3. The fourth-order valence-electron chi connectivity index (χ4n) is 3.70. The Hall–Kier alpha value is -2.95. The first kappa shape index (κ1) is 24.3. The molecule has 0 bridgehead atoms. The van der Waals surface area contributed by atoms with Crippen molar-refractivity contribution in [3.63, 3.8) is 0 Å². The minimum atomic E-state index is -5.08. The third-order valence-electron chi connectivity index (χ3n) is 5.48. The Morgan fingerprint density at radius 3 is 2.32 bits per heavy atom. The molecule has 31 heavy (non-hydrogen) atoms. The van der Waals surface area contributed by atoms with Crippen molar-refractivity contribution in [3.8, 4) is 0 Å². The van der Waals surface area contributed by atoms with Crippen LogP contribution in [0.15, 0.2) is 37.1 Å². The van der Waals surface area contributed by atoms with Crippen molar-refractivity contribution in [1.82, 2.24) is 19.7 Å². The third kappa shape index (κ3) is 5.60. The number of piperidine rings is 1. The van der Waals surface area contributed by atoms with Crippen molar-refractivity contribution in [1.29, 1.82) is 0 Å². The van der Waals surface area contributed by atoms with Crippen LogP contribution >= 0.6 is 0 Å². The van der Waals surface area contributed by atoms with Gasteiger partial charge >= 0.3 is 12.1 Å². The number of likely N-dealkylation sites (tertiary alicyclic amines) is 1. The summed E-state index contributed by atoms with van der Waals surface area (Å²) in [7, 11) is 2.01. The zero-order valence-electron chi connectivity index (χ0n) is 17.1. The minimum absolute atomic E-state index is 0.0562. The van der Waals surface area contributed by atoms with E-state index in [9.17, 15) is 22.8 Å². The van der Waals surface area contributed by atoms with Gasteiger partial charge in [-0.15, -0.1) is 6.58 Å². The predicted molar refractivity (Wildman–Crippen MR) is 105 cm³/mol. The third-order valence-corrected chi connectivity index (χ3v) is 5.48. The molecule has 8 nitrogen and oxygen atoms in total.